The maximum Gasteiger partial charge on any atom is 0.0975 e. The van der Waals surface area contributed by atoms with Crippen LogP contribution in [-0.2, 0) is 4.74 Å². The SMILES string of the molecule is c1cc(C2CNCO2)ccc1SC1CCCC1. The lowest BCUT2D eigenvalue weighted by Gasteiger charge is -2.11. The number of rotatable bonds is 3. The van der Waals surface area contributed by atoms with Gasteiger partial charge < -0.3 is 4.74 Å². The summed E-state index contributed by atoms with van der Waals surface area (Å²) in [6, 6.07) is 8.93. The molecule has 0 bridgehead atoms. The molecule has 1 aromatic carbocycles. The van der Waals surface area contributed by atoms with Gasteiger partial charge in [-0.05, 0) is 30.5 Å². The van der Waals surface area contributed by atoms with Crippen molar-refractivity contribution >= 4 is 11.8 Å². The molecule has 3 heteroatoms. The van der Waals surface area contributed by atoms with E-state index < -0.39 is 0 Å². The zero-order valence-corrected chi connectivity index (χ0v) is 10.8. The molecule has 2 aliphatic rings. The van der Waals surface area contributed by atoms with Crippen molar-refractivity contribution in [3.05, 3.63) is 29.8 Å². The predicted octanol–water partition coefficient (Wildman–Crippen LogP) is 3.34. The largest absolute Gasteiger partial charge is 0.357 e. The van der Waals surface area contributed by atoms with Crippen molar-refractivity contribution in [3.8, 4) is 0 Å². The average molecular weight is 249 g/mol. The zero-order valence-electron chi connectivity index (χ0n) is 10.0. The Morgan fingerprint density at radius 1 is 1.12 bits per heavy atom. The van der Waals surface area contributed by atoms with E-state index in [1.165, 1.54) is 36.1 Å². The highest BCUT2D eigenvalue weighted by Crippen LogP contribution is 2.35. The fourth-order valence-electron chi connectivity index (χ4n) is 2.58. The van der Waals surface area contributed by atoms with Crippen molar-refractivity contribution in [2.75, 3.05) is 13.3 Å². The molecule has 1 N–H and O–H groups in total. The predicted molar refractivity (Wildman–Crippen MR) is 71.3 cm³/mol. The van der Waals surface area contributed by atoms with Crippen LogP contribution in [0.3, 0.4) is 0 Å². The third kappa shape index (κ3) is 2.84. The van der Waals surface area contributed by atoms with Gasteiger partial charge in [-0.3, -0.25) is 5.32 Å². The van der Waals surface area contributed by atoms with Gasteiger partial charge >= 0.3 is 0 Å². The maximum atomic E-state index is 5.59. The minimum atomic E-state index is 0.250. The number of hydrogen-bond acceptors (Lipinski definition) is 3. The molecule has 0 amide bonds. The average Bonchev–Trinajstić information content (AvgIpc) is 3.01. The van der Waals surface area contributed by atoms with E-state index in [2.05, 4.69) is 29.6 Å². The van der Waals surface area contributed by atoms with E-state index in [0.717, 1.165) is 11.8 Å². The molecule has 17 heavy (non-hydrogen) atoms. The van der Waals surface area contributed by atoms with Gasteiger partial charge in [-0.1, -0.05) is 25.0 Å². The summed E-state index contributed by atoms with van der Waals surface area (Å²) in [5.74, 6) is 0. The molecular weight excluding hydrogens is 230 g/mol. The molecule has 0 spiro atoms. The second-order valence-corrected chi connectivity index (χ2v) is 6.22. The van der Waals surface area contributed by atoms with Gasteiger partial charge in [0.1, 0.15) is 0 Å². The maximum absolute atomic E-state index is 5.59. The summed E-state index contributed by atoms with van der Waals surface area (Å²) in [5.41, 5.74) is 1.30. The Morgan fingerprint density at radius 3 is 2.53 bits per heavy atom. The minimum absolute atomic E-state index is 0.250. The van der Waals surface area contributed by atoms with E-state index in [-0.39, 0.29) is 6.10 Å². The third-order valence-electron chi connectivity index (χ3n) is 3.57. The molecule has 2 nitrogen and oxygen atoms in total. The number of benzene rings is 1. The number of ether oxygens (including phenoxy) is 1. The lowest BCUT2D eigenvalue weighted by molar-refractivity contribution is 0.114. The molecule has 0 aromatic heterocycles. The Morgan fingerprint density at radius 2 is 1.88 bits per heavy atom. The van der Waals surface area contributed by atoms with Gasteiger partial charge in [0.2, 0.25) is 0 Å². The molecule has 1 unspecified atom stereocenters. The number of hydrogen-bond donors (Lipinski definition) is 1. The van der Waals surface area contributed by atoms with E-state index >= 15 is 0 Å². The highest BCUT2D eigenvalue weighted by molar-refractivity contribution is 8.00. The smallest absolute Gasteiger partial charge is 0.0975 e. The van der Waals surface area contributed by atoms with Crippen LogP contribution in [0.5, 0.6) is 0 Å². The van der Waals surface area contributed by atoms with Crippen LogP contribution in [0.25, 0.3) is 0 Å². The Hall–Kier alpha value is -0.510. The van der Waals surface area contributed by atoms with Crippen LogP contribution < -0.4 is 5.32 Å². The standard InChI is InChI=1S/C14H19NOS/c1-2-4-12(3-1)17-13-7-5-11(6-8-13)14-9-15-10-16-14/h5-8,12,14-15H,1-4,9-10H2. The molecule has 2 fully saturated rings. The van der Waals surface area contributed by atoms with Crippen LogP contribution in [0.4, 0.5) is 0 Å². The van der Waals surface area contributed by atoms with Crippen LogP contribution in [0, 0.1) is 0 Å². The van der Waals surface area contributed by atoms with Gasteiger partial charge in [0.25, 0.3) is 0 Å². The quantitative estimate of drug-likeness (QED) is 0.887. The summed E-state index contributed by atoms with van der Waals surface area (Å²) in [5, 5.41) is 4.07. The van der Waals surface area contributed by atoms with Gasteiger partial charge in [-0.15, -0.1) is 11.8 Å². The van der Waals surface area contributed by atoms with Crippen LogP contribution in [0.15, 0.2) is 29.2 Å². The molecule has 1 heterocycles. The molecule has 1 aliphatic heterocycles. The Labute approximate surface area is 107 Å². The summed E-state index contributed by atoms with van der Waals surface area (Å²) in [7, 11) is 0. The van der Waals surface area contributed by atoms with E-state index in [0.29, 0.717) is 6.73 Å². The van der Waals surface area contributed by atoms with Gasteiger partial charge in [0.05, 0.1) is 12.8 Å². The highest BCUT2D eigenvalue weighted by atomic mass is 32.2. The molecule has 0 radical (unpaired) electrons. The second kappa shape index (κ2) is 5.42. The summed E-state index contributed by atoms with van der Waals surface area (Å²) in [6.07, 6.45) is 5.86. The van der Waals surface area contributed by atoms with Crippen molar-refractivity contribution in [2.45, 2.75) is 41.9 Å². The molecule has 1 aromatic rings. The van der Waals surface area contributed by atoms with Crippen LogP contribution in [0.1, 0.15) is 37.4 Å². The van der Waals surface area contributed by atoms with E-state index in [1.54, 1.807) is 0 Å². The first-order chi connectivity index (χ1) is 8.42. The highest BCUT2D eigenvalue weighted by Gasteiger charge is 2.18. The van der Waals surface area contributed by atoms with Crippen LogP contribution in [-0.4, -0.2) is 18.5 Å². The first-order valence-electron chi connectivity index (χ1n) is 6.51. The molecule has 1 aliphatic carbocycles. The van der Waals surface area contributed by atoms with Crippen molar-refractivity contribution < 1.29 is 4.74 Å². The Bertz CT molecular complexity index is 353. The third-order valence-corrected chi connectivity index (χ3v) is 4.92. The summed E-state index contributed by atoms with van der Waals surface area (Å²) < 4.78 is 5.59. The van der Waals surface area contributed by atoms with Gasteiger partial charge in [0, 0.05) is 16.7 Å². The van der Waals surface area contributed by atoms with Gasteiger partial charge in [0.15, 0.2) is 0 Å². The molecule has 92 valence electrons. The normalized spacial score (nSPS) is 25.5. The Balaban J connectivity index is 1.62. The summed E-state index contributed by atoms with van der Waals surface area (Å²) in [6.45, 7) is 1.62. The molecule has 1 atom stereocenters. The van der Waals surface area contributed by atoms with Crippen molar-refractivity contribution in [1.29, 1.82) is 0 Å². The van der Waals surface area contributed by atoms with Gasteiger partial charge in [-0.2, -0.15) is 0 Å². The minimum Gasteiger partial charge on any atom is -0.357 e. The first-order valence-corrected chi connectivity index (χ1v) is 7.39. The number of thioether (sulfide) groups is 1. The monoisotopic (exact) mass is 249 g/mol. The second-order valence-electron chi connectivity index (χ2n) is 4.85. The zero-order chi connectivity index (χ0) is 11.5. The fourth-order valence-corrected chi connectivity index (χ4v) is 3.83. The van der Waals surface area contributed by atoms with Crippen molar-refractivity contribution in [3.63, 3.8) is 0 Å². The van der Waals surface area contributed by atoms with E-state index in [9.17, 15) is 0 Å². The van der Waals surface area contributed by atoms with E-state index in [4.69, 9.17) is 4.74 Å². The summed E-state index contributed by atoms with van der Waals surface area (Å²) >= 11 is 2.05. The molecule has 1 saturated carbocycles. The molecule has 3 rings (SSSR count). The lowest BCUT2D eigenvalue weighted by Crippen LogP contribution is -2.07. The first kappa shape index (κ1) is 11.6. The Kier molecular flexibility index (Phi) is 3.69. The van der Waals surface area contributed by atoms with Crippen LogP contribution in [0.2, 0.25) is 0 Å². The fraction of sp³-hybridized carbons (Fsp3) is 0.571. The van der Waals surface area contributed by atoms with E-state index in [1.807, 2.05) is 11.8 Å². The van der Waals surface area contributed by atoms with Crippen molar-refractivity contribution in [2.24, 2.45) is 0 Å². The summed E-state index contributed by atoms with van der Waals surface area (Å²) in [4.78, 5) is 1.41. The lowest BCUT2D eigenvalue weighted by atomic mass is 10.1. The molecule has 1 saturated heterocycles. The van der Waals surface area contributed by atoms with Gasteiger partial charge in [-0.25, -0.2) is 0 Å². The molecular formula is C14H19NOS. The topological polar surface area (TPSA) is 21.3 Å². The van der Waals surface area contributed by atoms with Crippen LogP contribution >= 0.6 is 11.8 Å². The van der Waals surface area contributed by atoms with Crippen molar-refractivity contribution in [1.82, 2.24) is 5.32 Å². The number of nitrogens with one attached hydrogen (secondary N) is 1.